The second-order valence-electron chi connectivity index (χ2n) is 7.48. The molecule has 8 heteroatoms. The third-order valence-electron chi connectivity index (χ3n) is 5.55. The maximum Gasteiger partial charge on any atom is 0.273 e. The van der Waals surface area contributed by atoms with Crippen LogP contribution in [0, 0.1) is 12.8 Å². The molecule has 1 aromatic heterocycles. The van der Waals surface area contributed by atoms with Crippen LogP contribution in [0.2, 0.25) is 0 Å². The van der Waals surface area contributed by atoms with E-state index in [1.165, 1.54) is 0 Å². The van der Waals surface area contributed by atoms with Gasteiger partial charge in [0, 0.05) is 44.7 Å². The SMILES string of the molecule is Cc1ncccc1NC(=O)C1=NO[C@@]2(CCN(C(=O)C3CCOCC3)C2)C1. The topological polar surface area (TPSA) is 93.1 Å². The number of amides is 2. The Morgan fingerprint density at radius 3 is 2.93 bits per heavy atom. The summed E-state index contributed by atoms with van der Waals surface area (Å²) in [5, 5.41) is 6.87. The van der Waals surface area contributed by atoms with Crippen molar-refractivity contribution in [1.82, 2.24) is 9.88 Å². The summed E-state index contributed by atoms with van der Waals surface area (Å²) in [5.74, 6) is -0.0765. The van der Waals surface area contributed by atoms with Crippen LogP contribution in [-0.2, 0) is 19.2 Å². The number of aryl methyl sites for hydroxylation is 1. The van der Waals surface area contributed by atoms with Crippen LogP contribution >= 0.6 is 0 Å². The number of anilines is 1. The number of pyridine rings is 1. The lowest BCUT2D eigenvalue weighted by molar-refractivity contribution is -0.138. The second kappa shape index (κ2) is 7.26. The highest BCUT2D eigenvalue weighted by atomic mass is 16.7. The number of oxime groups is 1. The fourth-order valence-corrected chi connectivity index (χ4v) is 3.91. The van der Waals surface area contributed by atoms with Gasteiger partial charge in [-0.1, -0.05) is 5.16 Å². The standard InChI is InChI=1S/C19H24N4O4/c1-13-15(3-2-7-20-13)21-17(24)16-11-19(27-22-16)6-8-23(12-19)18(25)14-4-9-26-10-5-14/h2-3,7,14H,4-6,8-12H2,1H3,(H,21,24)/t19-/m0/s1. The molecule has 27 heavy (non-hydrogen) atoms. The zero-order chi connectivity index (χ0) is 18.9. The monoisotopic (exact) mass is 372 g/mol. The van der Waals surface area contributed by atoms with E-state index >= 15 is 0 Å². The highest BCUT2D eigenvalue weighted by Gasteiger charge is 2.48. The molecule has 0 saturated carbocycles. The molecule has 2 amide bonds. The third kappa shape index (κ3) is 3.66. The minimum atomic E-state index is -0.572. The summed E-state index contributed by atoms with van der Waals surface area (Å²) >= 11 is 0. The van der Waals surface area contributed by atoms with E-state index < -0.39 is 5.60 Å². The van der Waals surface area contributed by atoms with E-state index in [0.29, 0.717) is 50.5 Å². The van der Waals surface area contributed by atoms with Crippen LogP contribution < -0.4 is 5.32 Å². The zero-order valence-electron chi connectivity index (χ0n) is 15.4. The van der Waals surface area contributed by atoms with E-state index in [-0.39, 0.29) is 17.7 Å². The number of hydrogen-bond donors (Lipinski definition) is 1. The van der Waals surface area contributed by atoms with Crippen molar-refractivity contribution in [2.45, 2.75) is 38.2 Å². The number of rotatable bonds is 3. The van der Waals surface area contributed by atoms with Gasteiger partial charge in [0.15, 0.2) is 5.60 Å². The zero-order valence-corrected chi connectivity index (χ0v) is 15.4. The van der Waals surface area contributed by atoms with Crippen molar-refractivity contribution in [3.63, 3.8) is 0 Å². The van der Waals surface area contributed by atoms with Crippen molar-refractivity contribution in [2.24, 2.45) is 11.1 Å². The number of ether oxygens (including phenoxy) is 1. The lowest BCUT2D eigenvalue weighted by Crippen LogP contribution is -2.41. The summed E-state index contributed by atoms with van der Waals surface area (Å²) in [7, 11) is 0. The molecule has 0 bridgehead atoms. The average Bonchev–Trinajstić information content (AvgIpc) is 3.31. The van der Waals surface area contributed by atoms with Crippen molar-refractivity contribution >= 4 is 23.2 Å². The Bertz CT molecular complexity index is 775. The Morgan fingerprint density at radius 2 is 2.15 bits per heavy atom. The lowest BCUT2D eigenvalue weighted by Gasteiger charge is -2.27. The first-order valence-corrected chi connectivity index (χ1v) is 9.41. The van der Waals surface area contributed by atoms with E-state index in [4.69, 9.17) is 9.57 Å². The number of nitrogens with zero attached hydrogens (tertiary/aromatic N) is 3. The predicted octanol–water partition coefficient (Wildman–Crippen LogP) is 1.50. The maximum atomic E-state index is 12.7. The van der Waals surface area contributed by atoms with Gasteiger partial charge in [-0.2, -0.15) is 0 Å². The molecule has 1 spiro atoms. The molecule has 0 aromatic carbocycles. The average molecular weight is 372 g/mol. The first-order chi connectivity index (χ1) is 13.1. The van der Waals surface area contributed by atoms with Gasteiger partial charge in [0.1, 0.15) is 5.71 Å². The fourth-order valence-electron chi connectivity index (χ4n) is 3.91. The van der Waals surface area contributed by atoms with E-state index in [1.54, 1.807) is 18.3 Å². The Balaban J connectivity index is 1.35. The van der Waals surface area contributed by atoms with Gasteiger partial charge in [0.2, 0.25) is 5.91 Å². The first kappa shape index (κ1) is 17.9. The van der Waals surface area contributed by atoms with Crippen LogP contribution in [-0.4, -0.2) is 59.3 Å². The lowest BCUT2D eigenvalue weighted by atomic mass is 9.96. The van der Waals surface area contributed by atoms with Gasteiger partial charge in [0.05, 0.1) is 17.9 Å². The normalized spacial score (nSPS) is 25.4. The molecule has 1 N–H and O–H groups in total. The summed E-state index contributed by atoms with van der Waals surface area (Å²) in [5.41, 5.74) is 1.19. The van der Waals surface area contributed by atoms with Crippen molar-refractivity contribution in [3.8, 4) is 0 Å². The van der Waals surface area contributed by atoms with Crippen LogP contribution in [0.4, 0.5) is 5.69 Å². The molecule has 1 atom stereocenters. The molecule has 4 rings (SSSR count). The molecule has 3 aliphatic heterocycles. The fraction of sp³-hybridized carbons (Fsp3) is 0.579. The number of aromatic nitrogens is 1. The number of carbonyl (C=O) groups is 2. The summed E-state index contributed by atoms with van der Waals surface area (Å²) in [4.78, 5) is 36.9. The van der Waals surface area contributed by atoms with Crippen molar-refractivity contribution in [1.29, 1.82) is 0 Å². The van der Waals surface area contributed by atoms with Crippen LogP contribution in [0.3, 0.4) is 0 Å². The number of likely N-dealkylation sites (tertiary alicyclic amines) is 1. The molecule has 0 radical (unpaired) electrons. The summed E-state index contributed by atoms with van der Waals surface area (Å²) in [6.07, 6.45) is 4.33. The molecule has 4 heterocycles. The van der Waals surface area contributed by atoms with E-state index in [2.05, 4.69) is 15.5 Å². The Kier molecular flexibility index (Phi) is 4.82. The second-order valence-corrected chi connectivity index (χ2v) is 7.48. The van der Waals surface area contributed by atoms with E-state index in [0.717, 1.165) is 18.5 Å². The molecule has 8 nitrogen and oxygen atoms in total. The van der Waals surface area contributed by atoms with Gasteiger partial charge in [-0.3, -0.25) is 14.6 Å². The Labute approximate surface area is 157 Å². The van der Waals surface area contributed by atoms with Gasteiger partial charge < -0.3 is 19.8 Å². The highest BCUT2D eigenvalue weighted by molar-refractivity contribution is 6.43. The van der Waals surface area contributed by atoms with Crippen molar-refractivity contribution in [3.05, 3.63) is 24.0 Å². The molecule has 1 aromatic rings. The number of carbonyl (C=O) groups excluding carboxylic acids is 2. The quantitative estimate of drug-likeness (QED) is 0.868. The summed E-state index contributed by atoms with van der Waals surface area (Å²) in [6.45, 7) is 4.25. The number of hydrogen-bond acceptors (Lipinski definition) is 6. The Hall–Kier alpha value is -2.48. The molecule has 3 aliphatic rings. The van der Waals surface area contributed by atoms with Crippen LogP contribution in [0.1, 0.15) is 31.4 Å². The summed E-state index contributed by atoms with van der Waals surface area (Å²) < 4.78 is 5.34. The van der Waals surface area contributed by atoms with Gasteiger partial charge >= 0.3 is 0 Å². The highest BCUT2D eigenvalue weighted by Crippen LogP contribution is 2.35. The number of nitrogens with one attached hydrogen (secondary N) is 1. The van der Waals surface area contributed by atoms with Gasteiger partial charge in [-0.15, -0.1) is 0 Å². The van der Waals surface area contributed by atoms with E-state index in [9.17, 15) is 9.59 Å². The maximum absolute atomic E-state index is 12.7. The van der Waals surface area contributed by atoms with Gasteiger partial charge in [0.25, 0.3) is 5.91 Å². The van der Waals surface area contributed by atoms with Gasteiger partial charge in [-0.25, -0.2) is 0 Å². The molecule has 2 fully saturated rings. The summed E-state index contributed by atoms with van der Waals surface area (Å²) in [6, 6.07) is 3.57. The van der Waals surface area contributed by atoms with E-state index in [1.807, 2.05) is 11.8 Å². The molecule has 144 valence electrons. The van der Waals surface area contributed by atoms with Crippen molar-refractivity contribution < 1.29 is 19.2 Å². The molecular weight excluding hydrogens is 348 g/mol. The van der Waals surface area contributed by atoms with Crippen molar-refractivity contribution in [2.75, 3.05) is 31.6 Å². The minimum Gasteiger partial charge on any atom is -0.386 e. The Morgan fingerprint density at radius 1 is 1.33 bits per heavy atom. The first-order valence-electron chi connectivity index (χ1n) is 9.41. The predicted molar refractivity (Wildman–Crippen MR) is 98.2 cm³/mol. The molecule has 2 saturated heterocycles. The van der Waals surface area contributed by atoms with Crippen LogP contribution in [0.25, 0.3) is 0 Å². The van der Waals surface area contributed by atoms with Crippen LogP contribution in [0.5, 0.6) is 0 Å². The minimum absolute atomic E-state index is 0.0348. The smallest absolute Gasteiger partial charge is 0.273 e. The molecule has 0 unspecified atom stereocenters. The third-order valence-corrected chi connectivity index (χ3v) is 5.55. The van der Waals surface area contributed by atoms with Crippen LogP contribution in [0.15, 0.2) is 23.5 Å². The van der Waals surface area contributed by atoms with Gasteiger partial charge in [-0.05, 0) is 31.9 Å². The molecule has 0 aliphatic carbocycles. The largest absolute Gasteiger partial charge is 0.386 e. The molecular formula is C19H24N4O4.